The number of sulfonamides is 1. The van der Waals surface area contributed by atoms with Crippen LogP contribution in [0.1, 0.15) is 45.2 Å². The van der Waals surface area contributed by atoms with Crippen LogP contribution in [0.15, 0.2) is 23.2 Å². The largest absolute Gasteiger partial charge is 0.335 e. The number of fused-ring (bicyclic) bond motifs is 2. The van der Waals surface area contributed by atoms with Gasteiger partial charge in [-0.2, -0.15) is 19.7 Å². The van der Waals surface area contributed by atoms with Gasteiger partial charge in [0.25, 0.3) is 0 Å². The summed E-state index contributed by atoms with van der Waals surface area (Å²) in [4.78, 5) is 26.6. The normalized spacial score (nSPS) is 23.6. The molecule has 2 amide bonds. The van der Waals surface area contributed by atoms with Gasteiger partial charge in [-0.15, -0.1) is 0 Å². The summed E-state index contributed by atoms with van der Waals surface area (Å²) in [5.41, 5.74) is 0.758. The van der Waals surface area contributed by atoms with Crippen LogP contribution in [0.3, 0.4) is 0 Å². The standard InChI is InChI=1S/C21H26Cl2N6O4S/c1-3-13-10-28(11-14-9-24-27-26-14)21(31)19-6-4-5-18(13)29(19)34(32,33)15-7-16(22)20(17(23)8-15)25-12(2)30/h7-9,13,18-19H,3-6,10-11H2,1-2H3,(H,25,30)(H,24,26,27)/t13-,18?,19?/m0/s1. The summed E-state index contributed by atoms with van der Waals surface area (Å²) < 4.78 is 29.3. The number of carbonyl (C=O) groups is 2. The molecule has 2 fully saturated rings. The summed E-state index contributed by atoms with van der Waals surface area (Å²) in [5, 5.41) is 12.9. The van der Waals surface area contributed by atoms with Gasteiger partial charge in [0.2, 0.25) is 21.8 Å². The summed E-state index contributed by atoms with van der Waals surface area (Å²) >= 11 is 12.6. The third-order valence-corrected chi connectivity index (χ3v) is 8.95. The molecule has 0 spiro atoms. The number of nitrogens with zero attached hydrogens (tertiary/aromatic N) is 4. The van der Waals surface area contributed by atoms with Crippen LogP contribution >= 0.6 is 23.2 Å². The van der Waals surface area contributed by atoms with Crippen LogP contribution in [0.2, 0.25) is 10.0 Å². The molecule has 0 aliphatic carbocycles. The Hall–Kier alpha value is -2.21. The van der Waals surface area contributed by atoms with E-state index in [2.05, 4.69) is 20.7 Å². The molecule has 2 saturated heterocycles. The number of nitrogens with one attached hydrogen (secondary N) is 2. The highest BCUT2D eigenvalue weighted by Crippen LogP contribution is 2.40. The van der Waals surface area contributed by atoms with Gasteiger partial charge in [0.05, 0.1) is 33.4 Å². The second-order valence-electron chi connectivity index (χ2n) is 8.64. The van der Waals surface area contributed by atoms with Gasteiger partial charge in [0.1, 0.15) is 11.7 Å². The minimum Gasteiger partial charge on any atom is -0.335 e. The Labute approximate surface area is 208 Å². The smallest absolute Gasteiger partial charge is 0.244 e. The number of anilines is 1. The number of aromatic nitrogens is 3. The number of aromatic amines is 1. The van der Waals surface area contributed by atoms with Crippen molar-refractivity contribution >= 4 is 50.7 Å². The number of halogens is 2. The minimum atomic E-state index is -4.13. The highest BCUT2D eigenvalue weighted by molar-refractivity contribution is 7.89. The molecule has 2 unspecified atom stereocenters. The van der Waals surface area contributed by atoms with E-state index < -0.39 is 16.1 Å². The number of hydrogen-bond acceptors (Lipinski definition) is 6. The predicted molar refractivity (Wildman–Crippen MR) is 127 cm³/mol. The second kappa shape index (κ2) is 9.80. The molecule has 2 bridgehead atoms. The van der Waals surface area contributed by atoms with Crippen LogP contribution in [0.4, 0.5) is 5.69 Å². The second-order valence-corrected chi connectivity index (χ2v) is 11.3. The summed E-state index contributed by atoms with van der Waals surface area (Å²) in [5.74, 6) is -0.690. The Morgan fingerprint density at radius 3 is 2.56 bits per heavy atom. The van der Waals surface area contributed by atoms with Crippen molar-refractivity contribution in [3.63, 3.8) is 0 Å². The molecular formula is C21H26Cl2N6O4S. The maximum atomic E-state index is 13.9. The van der Waals surface area contributed by atoms with Crippen LogP contribution in [-0.2, 0) is 26.2 Å². The first-order chi connectivity index (χ1) is 16.1. The van der Waals surface area contributed by atoms with Crippen molar-refractivity contribution in [2.75, 3.05) is 11.9 Å². The molecule has 4 rings (SSSR count). The van der Waals surface area contributed by atoms with Gasteiger partial charge in [0.15, 0.2) is 0 Å². The Morgan fingerprint density at radius 1 is 1.26 bits per heavy atom. The number of amides is 2. The van der Waals surface area contributed by atoms with Crippen LogP contribution in [0.25, 0.3) is 0 Å². The van der Waals surface area contributed by atoms with Crippen LogP contribution < -0.4 is 5.32 Å². The van der Waals surface area contributed by atoms with Gasteiger partial charge in [-0.1, -0.05) is 36.5 Å². The van der Waals surface area contributed by atoms with Gasteiger partial charge in [0, 0.05) is 19.5 Å². The van der Waals surface area contributed by atoms with E-state index in [4.69, 9.17) is 23.2 Å². The van der Waals surface area contributed by atoms with Gasteiger partial charge >= 0.3 is 0 Å². The van der Waals surface area contributed by atoms with Crippen molar-refractivity contribution in [3.05, 3.63) is 34.1 Å². The molecule has 13 heteroatoms. The lowest BCUT2D eigenvalue weighted by Gasteiger charge is -2.40. The van der Waals surface area contributed by atoms with Crippen LogP contribution in [0.5, 0.6) is 0 Å². The molecule has 1 aromatic carbocycles. The molecule has 184 valence electrons. The van der Waals surface area contributed by atoms with Gasteiger partial charge < -0.3 is 10.2 Å². The van der Waals surface area contributed by atoms with E-state index in [0.29, 0.717) is 31.5 Å². The zero-order chi connectivity index (χ0) is 24.6. The Morgan fingerprint density at radius 2 is 1.97 bits per heavy atom. The fraction of sp³-hybridized carbons (Fsp3) is 0.524. The quantitative estimate of drug-likeness (QED) is 0.592. The summed E-state index contributed by atoms with van der Waals surface area (Å²) in [6.07, 6.45) is 4.09. The first kappa shape index (κ1) is 24.9. The zero-order valence-electron chi connectivity index (χ0n) is 18.8. The van der Waals surface area contributed by atoms with E-state index in [1.807, 2.05) is 6.92 Å². The molecule has 0 saturated carbocycles. The fourth-order valence-corrected chi connectivity index (χ4v) is 7.54. The molecule has 1 aromatic heterocycles. The first-order valence-electron chi connectivity index (χ1n) is 11.1. The zero-order valence-corrected chi connectivity index (χ0v) is 21.1. The lowest BCUT2D eigenvalue weighted by Crippen LogP contribution is -2.54. The van der Waals surface area contributed by atoms with Crippen molar-refractivity contribution in [2.45, 2.75) is 63.1 Å². The lowest BCUT2D eigenvalue weighted by atomic mass is 9.89. The van der Waals surface area contributed by atoms with E-state index in [-0.39, 0.29) is 50.9 Å². The summed E-state index contributed by atoms with van der Waals surface area (Å²) in [6, 6.07) is 1.37. The molecule has 10 nitrogen and oxygen atoms in total. The average Bonchev–Trinajstić information content (AvgIpc) is 3.28. The molecular weight excluding hydrogens is 503 g/mol. The lowest BCUT2D eigenvalue weighted by molar-refractivity contribution is -0.135. The minimum absolute atomic E-state index is 0.00674. The van der Waals surface area contributed by atoms with Crippen LogP contribution in [-0.4, -0.2) is 63.5 Å². The number of H-pyrrole nitrogens is 1. The van der Waals surface area contributed by atoms with Crippen molar-refractivity contribution < 1.29 is 18.0 Å². The van der Waals surface area contributed by atoms with Gasteiger partial charge in [-0.05, 0) is 37.3 Å². The van der Waals surface area contributed by atoms with Crippen molar-refractivity contribution in [1.29, 1.82) is 0 Å². The van der Waals surface area contributed by atoms with Gasteiger partial charge in [-0.25, -0.2) is 8.42 Å². The molecule has 2 N–H and O–H groups in total. The fourth-order valence-electron chi connectivity index (χ4n) is 4.89. The molecule has 3 atom stereocenters. The maximum absolute atomic E-state index is 13.9. The predicted octanol–water partition coefficient (Wildman–Crippen LogP) is 3.05. The van der Waals surface area contributed by atoms with E-state index >= 15 is 0 Å². The molecule has 2 aliphatic heterocycles. The molecule has 2 aliphatic rings. The average molecular weight is 529 g/mol. The van der Waals surface area contributed by atoms with Gasteiger partial charge in [-0.3, -0.25) is 9.59 Å². The SMILES string of the molecule is CC[C@H]1CN(Cc2cn[nH]n2)C(=O)C2CCCC1N2S(=O)(=O)c1cc(Cl)c(NC(C)=O)c(Cl)c1. The van der Waals surface area contributed by atoms with Crippen LogP contribution in [0, 0.1) is 5.92 Å². The maximum Gasteiger partial charge on any atom is 0.244 e. The molecule has 0 radical (unpaired) electrons. The highest BCUT2D eigenvalue weighted by Gasteiger charge is 2.49. The van der Waals surface area contributed by atoms with E-state index in [1.165, 1.54) is 23.4 Å². The summed E-state index contributed by atoms with van der Waals surface area (Å²) in [6.45, 7) is 3.99. The molecule has 2 aromatic rings. The Kier molecular flexibility index (Phi) is 7.18. The Balaban J connectivity index is 1.75. The van der Waals surface area contributed by atoms with Crippen molar-refractivity contribution in [2.24, 2.45) is 5.92 Å². The number of rotatable bonds is 6. The summed E-state index contributed by atoms with van der Waals surface area (Å²) in [7, 11) is -4.13. The molecule has 34 heavy (non-hydrogen) atoms. The van der Waals surface area contributed by atoms with E-state index in [1.54, 1.807) is 11.1 Å². The highest BCUT2D eigenvalue weighted by atomic mass is 35.5. The van der Waals surface area contributed by atoms with Crippen molar-refractivity contribution in [1.82, 2.24) is 24.6 Å². The topological polar surface area (TPSA) is 128 Å². The monoisotopic (exact) mass is 528 g/mol. The van der Waals surface area contributed by atoms with E-state index in [9.17, 15) is 18.0 Å². The first-order valence-corrected chi connectivity index (χ1v) is 13.3. The number of benzene rings is 1. The number of carbonyl (C=O) groups excluding carboxylic acids is 2. The number of piperidine rings is 1. The third-order valence-electron chi connectivity index (χ3n) is 6.44. The number of hydrogen-bond donors (Lipinski definition) is 2. The Bertz CT molecular complexity index is 1170. The van der Waals surface area contributed by atoms with E-state index in [0.717, 1.165) is 6.42 Å². The third kappa shape index (κ3) is 4.66. The van der Waals surface area contributed by atoms with Crippen molar-refractivity contribution in [3.8, 4) is 0 Å². The molecule has 3 heterocycles.